The predicted molar refractivity (Wildman–Crippen MR) is 86.0 cm³/mol. The number of nitrogens with two attached hydrogens (primary N) is 1. The van der Waals surface area contributed by atoms with E-state index < -0.39 is 0 Å². The van der Waals surface area contributed by atoms with Gasteiger partial charge in [-0.2, -0.15) is 0 Å². The van der Waals surface area contributed by atoms with Crippen LogP contribution in [-0.2, 0) is 0 Å². The zero-order chi connectivity index (χ0) is 14.2. The van der Waals surface area contributed by atoms with Gasteiger partial charge in [-0.1, -0.05) is 19.9 Å². The van der Waals surface area contributed by atoms with Crippen molar-refractivity contribution in [1.82, 2.24) is 4.98 Å². The van der Waals surface area contributed by atoms with Crippen molar-refractivity contribution in [3.05, 3.63) is 30.6 Å². The Bertz CT molecular complexity index is 617. The highest BCUT2D eigenvalue weighted by molar-refractivity contribution is 5.98. The van der Waals surface area contributed by atoms with Crippen LogP contribution in [0.3, 0.4) is 0 Å². The molecule has 0 spiro atoms. The maximum atomic E-state index is 6.40. The van der Waals surface area contributed by atoms with E-state index in [2.05, 4.69) is 35.9 Å². The van der Waals surface area contributed by atoms with E-state index in [0.29, 0.717) is 5.41 Å². The SMILES string of the molecule is CCC1(CC)CCN(c2ccc3cnccc3c2N)C1. The van der Waals surface area contributed by atoms with Gasteiger partial charge < -0.3 is 10.6 Å². The third-order valence-electron chi connectivity index (χ3n) is 5.12. The third-order valence-corrected chi connectivity index (χ3v) is 5.12. The standard InChI is InChI=1S/C17H23N3/c1-3-17(4-2)8-10-20(12-17)15-6-5-13-11-19-9-7-14(13)16(15)18/h5-7,9,11H,3-4,8,10,12,18H2,1-2H3. The van der Waals surface area contributed by atoms with Gasteiger partial charge >= 0.3 is 0 Å². The maximum Gasteiger partial charge on any atom is 0.0632 e. The molecule has 0 atom stereocenters. The van der Waals surface area contributed by atoms with Crippen LogP contribution in [0.2, 0.25) is 0 Å². The highest BCUT2D eigenvalue weighted by atomic mass is 15.2. The Hall–Kier alpha value is -1.77. The highest BCUT2D eigenvalue weighted by Crippen LogP contribution is 2.41. The van der Waals surface area contributed by atoms with Gasteiger partial charge in [-0.05, 0) is 36.8 Å². The van der Waals surface area contributed by atoms with Crippen molar-refractivity contribution in [3.8, 4) is 0 Å². The number of hydrogen-bond donors (Lipinski definition) is 1. The Morgan fingerprint density at radius 2 is 2.05 bits per heavy atom. The summed E-state index contributed by atoms with van der Waals surface area (Å²) in [5.74, 6) is 0. The lowest BCUT2D eigenvalue weighted by atomic mass is 9.82. The Morgan fingerprint density at radius 3 is 2.75 bits per heavy atom. The zero-order valence-corrected chi connectivity index (χ0v) is 12.4. The Labute approximate surface area is 120 Å². The first-order chi connectivity index (χ1) is 9.69. The van der Waals surface area contributed by atoms with Gasteiger partial charge in [0, 0.05) is 36.3 Å². The van der Waals surface area contributed by atoms with Gasteiger partial charge in [0.1, 0.15) is 0 Å². The molecule has 1 saturated heterocycles. The number of nitrogen functional groups attached to an aromatic ring is 1. The minimum Gasteiger partial charge on any atom is -0.397 e. The minimum atomic E-state index is 0.472. The quantitative estimate of drug-likeness (QED) is 0.861. The molecule has 0 amide bonds. The smallest absolute Gasteiger partial charge is 0.0632 e. The first kappa shape index (κ1) is 13.2. The number of pyridine rings is 1. The van der Waals surface area contributed by atoms with E-state index in [4.69, 9.17) is 5.73 Å². The first-order valence-corrected chi connectivity index (χ1v) is 7.56. The van der Waals surface area contributed by atoms with Crippen LogP contribution in [0.5, 0.6) is 0 Å². The molecule has 0 radical (unpaired) electrons. The maximum absolute atomic E-state index is 6.40. The fraction of sp³-hybridized carbons (Fsp3) is 0.471. The second kappa shape index (κ2) is 4.97. The highest BCUT2D eigenvalue weighted by Gasteiger charge is 2.35. The molecular weight excluding hydrogens is 246 g/mol. The van der Waals surface area contributed by atoms with Crippen LogP contribution >= 0.6 is 0 Å². The van der Waals surface area contributed by atoms with E-state index in [0.717, 1.165) is 29.5 Å². The molecule has 2 aromatic rings. The van der Waals surface area contributed by atoms with Crippen molar-refractivity contribution in [2.24, 2.45) is 5.41 Å². The van der Waals surface area contributed by atoms with Crippen LogP contribution in [0.4, 0.5) is 11.4 Å². The van der Waals surface area contributed by atoms with Crippen LogP contribution in [0.1, 0.15) is 33.1 Å². The molecule has 0 saturated carbocycles. The van der Waals surface area contributed by atoms with Crippen LogP contribution in [0.25, 0.3) is 10.8 Å². The Kier molecular flexibility index (Phi) is 3.28. The van der Waals surface area contributed by atoms with Gasteiger partial charge in [-0.3, -0.25) is 4.98 Å². The molecule has 3 heteroatoms. The molecule has 0 bridgehead atoms. The molecule has 1 aliphatic rings. The number of benzene rings is 1. The Morgan fingerprint density at radius 1 is 1.25 bits per heavy atom. The van der Waals surface area contributed by atoms with E-state index in [9.17, 15) is 0 Å². The van der Waals surface area contributed by atoms with Gasteiger partial charge in [0.25, 0.3) is 0 Å². The average molecular weight is 269 g/mol. The lowest BCUT2D eigenvalue weighted by molar-refractivity contribution is 0.301. The summed E-state index contributed by atoms with van der Waals surface area (Å²) in [6, 6.07) is 6.30. The van der Waals surface area contributed by atoms with Crippen LogP contribution < -0.4 is 10.6 Å². The van der Waals surface area contributed by atoms with Gasteiger partial charge in [0.05, 0.1) is 11.4 Å². The Balaban J connectivity index is 1.98. The second-order valence-corrected chi connectivity index (χ2v) is 5.97. The van der Waals surface area contributed by atoms with Crippen molar-refractivity contribution >= 4 is 22.1 Å². The van der Waals surface area contributed by atoms with Crippen LogP contribution in [0.15, 0.2) is 30.6 Å². The fourth-order valence-corrected chi connectivity index (χ4v) is 3.42. The monoisotopic (exact) mass is 269 g/mol. The largest absolute Gasteiger partial charge is 0.397 e. The molecule has 20 heavy (non-hydrogen) atoms. The van der Waals surface area contributed by atoms with Crippen molar-refractivity contribution in [2.45, 2.75) is 33.1 Å². The van der Waals surface area contributed by atoms with E-state index in [1.165, 1.54) is 24.9 Å². The number of rotatable bonds is 3. The summed E-state index contributed by atoms with van der Waals surface area (Å²) < 4.78 is 0. The lowest BCUT2D eigenvalue weighted by Gasteiger charge is -2.28. The van der Waals surface area contributed by atoms with Gasteiger partial charge in [-0.25, -0.2) is 0 Å². The van der Waals surface area contributed by atoms with E-state index in [1.807, 2.05) is 18.5 Å². The van der Waals surface area contributed by atoms with Crippen molar-refractivity contribution in [3.63, 3.8) is 0 Å². The number of hydrogen-bond acceptors (Lipinski definition) is 3. The topological polar surface area (TPSA) is 42.2 Å². The van der Waals surface area contributed by atoms with E-state index in [-0.39, 0.29) is 0 Å². The van der Waals surface area contributed by atoms with Gasteiger partial charge in [-0.15, -0.1) is 0 Å². The van der Waals surface area contributed by atoms with Crippen LogP contribution in [-0.4, -0.2) is 18.1 Å². The molecule has 0 aliphatic carbocycles. The summed E-state index contributed by atoms with van der Waals surface area (Å²) >= 11 is 0. The summed E-state index contributed by atoms with van der Waals surface area (Å²) in [5.41, 5.74) is 8.96. The summed E-state index contributed by atoms with van der Waals surface area (Å²) in [6.07, 6.45) is 7.46. The zero-order valence-electron chi connectivity index (χ0n) is 12.4. The summed E-state index contributed by atoms with van der Waals surface area (Å²) in [4.78, 5) is 6.62. The average Bonchev–Trinajstić information content (AvgIpc) is 2.93. The van der Waals surface area contributed by atoms with Crippen molar-refractivity contribution in [1.29, 1.82) is 0 Å². The second-order valence-electron chi connectivity index (χ2n) is 5.97. The number of anilines is 2. The molecular formula is C17H23N3. The summed E-state index contributed by atoms with van der Waals surface area (Å²) in [7, 11) is 0. The van der Waals surface area contributed by atoms with Crippen molar-refractivity contribution < 1.29 is 0 Å². The molecule has 3 rings (SSSR count). The van der Waals surface area contributed by atoms with Gasteiger partial charge in [0.2, 0.25) is 0 Å². The molecule has 0 unspecified atom stereocenters. The molecule has 1 fully saturated rings. The van der Waals surface area contributed by atoms with Crippen LogP contribution in [0, 0.1) is 5.41 Å². The first-order valence-electron chi connectivity index (χ1n) is 7.56. The summed E-state index contributed by atoms with van der Waals surface area (Å²) in [5, 5.41) is 2.23. The minimum absolute atomic E-state index is 0.472. The number of fused-ring (bicyclic) bond motifs is 1. The lowest BCUT2D eigenvalue weighted by Crippen LogP contribution is -2.26. The number of nitrogens with zero attached hydrogens (tertiary/aromatic N) is 2. The van der Waals surface area contributed by atoms with E-state index >= 15 is 0 Å². The predicted octanol–water partition coefficient (Wildman–Crippen LogP) is 3.83. The molecule has 1 aromatic heterocycles. The van der Waals surface area contributed by atoms with Gasteiger partial charge in [0.15, 0.2) is 0 Å². The molecule has 1 aliphatic heterocycles. The summed E-state index contributed by atoms with van der Waals surface area (Å²) in [6.45, 7) is 6.86. The van der Waals surface area contributed by atoms with E-state index in [1.54, 1.807) is 0 Å². The molecule has 2 N–H and O–H groups in total. The molecule has 2 heterocycles. The van der Waals surface area contributed by atoms with Crippen molar-refractivity contribution in [2.75, 3.05) is 23.7 Å². The third kappa shape index (κ3) is 2.01. The number of aromatic nitrogens is 1. The fourth-order valence-electron chi connectivity index (χ4n) is 3.42. The molecule has 1 aromatic carbocycles. The molecule has 106 valence electrons. The molecule has 3 nitrogen and oxygen atoms in total. The normalized spacial score (nSPS) is 17.8.